The molecule has 10 heteroatoms. The van der Waals surface area contributed by atoms with Crippen molar-refractivity contribution in [3.8, 4) is 11.4 Å². The molecule has 0 saturated carbocycles. The fraction of sp³-hybridized carbons (Fsp3) is 0.259. The van der Waals surface area contributed by atoms with Gasteiger partial charge in [-0.3, -0.25) is 4.79 Å². The molecule has 10 nitrogen and oxygen atoms in total. The number of hydrogen-bond acceptors (Lipinski definition) is 8. The Morgan fingerprint density at radius 3 is 2.59 bits per heavy atom. The number of carbonyl (C=O) groups is 1. The van der Waals surface area contributed by atoms with Crippen LogP contribution in [0.1, 0.15) is 5.56 Å². The number of nitrogen functional groups attached to an aromatic ring is 1. The van der Waals surface area contributed by atoms with Crippen molar-refractivity contribution in [1.82, 2.24) is 24.4 Å². The molecule has 0 unspecified atom stereocenters. The predicted octanol–water partition coefficient (Wildman–Crippen LogP) is 3.79. The molecular weight excluding hydrogens is 466 g/mol. The number of para-hydroxylation sites is 1. The average molecular weight is 500 g/mol. The second kappa shape index (κ2) is 10.7. The van der Waals surface area contributed by atoms with Crippen LogP contribution >= 0.6 is 0 Å². The average Bonchev–Trinajstić information content (AvgIpc) is 3.20. The van der Waals surface area contributed by atoms with Crippen LogP contribution in [-0.2, 0) is 11.8 Å². The van der Waals surface area contributed by atoms with Crippen molar-refractivity contribution in [2.24, 2.45) is 7.05 Å². The fourth-order valence-corrected chi connectivity index (χ4v) is 4.11. The van der Waals surface area contributed by atoms with Crippen LogP contribution in [0, 0.1) is 6.92 Å². The molecule has 4 rings (SSSR count). The maximum atomic E-state index is 12.2. The third-order valence-electron chi connectivity index (χ3n) is 6.12. The van der Waals surface area contributed by atoms with Crippen molar-refractivity contribution in [2.75, 3.05) is 55.5 Å². The Morgan fingerprint density at radius 1 is 1.11 bits per heavy atom. The molecule has 0 spiro atoms. The predicted molar refractivity (Wildman–Crippen MR) is 151 cm³/mol. The molecule has 2 aromatic heterocycles. The van der Waals surface area contributed by atoms with Gasteiger partial charge in [0.2, 0.25) is 17.8 Å². The summed E-state index contributed by atoms with van der Waals surface area (Å²) in [5, 5.41) is 7.22. The van der Waals surface area contributed by atoms with Crippen molar-refractivity contribution in [3.63, 3.8) is 0 Å². The third-order valence-corrected chi connectivity index (χ3v) is 6.12. The number of amides is 1. The fourth-order valence-electron chi connectivity index (χ4n) is 4.11. The van der Waals surface area contributed by atoms with E-state index >= 15 is 0 Å². The van der Waals surface area contributed by atoms with Gasteiger partial charge in [0.15, 0.2) is 5.82 Å². The van der Waals surface area contributed by atoms with Crippen LogP contribution in [0.5, 0.6) is 0 Å². The number of aryl methyl sites for hydroxylation is 2. The molecule has 0 aliphatic heterocycles. The number of benzene rings is 2. The largest absolute Gasteiger partial charge is 0.372 e. The quantitative estimate of drug-likeness (QED) is 0.298. The Kier molecular flexibility index (Phi) is 7.40. The summed E-state index contributed by atoms with van der Waals surface area (Å²) in [6.07, 6.45) is 3.23. The highest BCUT2D eigenvalue weighted by Crippen LogP contribution is 2.34. The highest BCUT2D eigenvalue weighted by atomic mass is 16.1. The van der Waals surface area contributed by atoms with E-state index in [2.05, 4.69) is 42.0 Å². The molecule has 0 radical (unpaired) electrons. The van der Waals surface area contributed by atoms with Crippen molar-refractivity contribution in [1.29, 1.82) is 0 Å². The van der Waals surface area contributed by atoms with E-state index in [0.717, 1.165) is 46.5 Å². The van der Waals surface area contributed by atoms with Gasteiger partial charge < -0.3 is 30.7 Å². The summed E-state index contributed by atoms with van der Waals surface area (Å²) in [7, 11) is 8.03. The Hall–Kier alpha value is -4.44. The molecule has 0 fully saturated rings. The van der Waals surface area contributed by atoms with Gasteiger partial charge >= 0.3 is 0 Å². The number of anilines is 5. The Morgan fingerprint density at radius 2 is 1.86 bits per heavy atom. The van der Waals surface area contributed by atoms with E-state index in [-0.39, 0.29) is 11.9 Å². The molecule has 2 aromatic carbocycles. The van der Waals surface area contributed by atoms with Gasteiger partial charge in [0.1, 0.15) is 0 Å². The summed E-state index contributed by atoms with van der Waals surface area (Å²) < 4.78 is 2.03. The highest BCUT2D eigenvalue weighted by Gasteiger charge is 2.16. The van der Waals surface area contributed by atoms with Crippen LogP contribution in [0.25, 0.3) is 22.3 Å². The van der Waals surface area contributed by atoms with E-state index < -0.39 is 0 Å². The summed E-state index contributed by atoms with van der Waals surface area (Å²) >= 11 is 0. The summed E-state index contributed by atoms with van der Waals surface area (Å²) in [6, 6.07) is 11.9. The lowest BCUT2D eigenvalue weighted by Gasteiger charge is -2.25. The molecule has 1 amide bonds. The molecule has 0 atom stereocenters. The van der Waals surface area contributed by atoms with Gasteiger partial charge in [-0.25, -0.2) is 0 Å². The number of likely N-dealkylation sites (N-methyl/N-ethyl adjacent to an activating group) is 2. The number of nitrogens with two attached hydrogens (primary N) is 1. The van der Waals surface area contributed by atoms with Gasteiger partial charge in [-0.15, -0.1) is 0 Å². The van der Waals surface area contributed by atoms with Crippen molar-refractivity contribution in [3.05, 3.63) is 60.8 Å². The lowest BCUT2D eigenvalue weighted by molar-refractivity contribution is -0.111. The number of hydrogen-bond donors (Lipinski definition) is 3. The molecule has 4 aromatic rings. The lowest BCUT2D eigenvalue weighted by atomic mass is 10.1. The molecule has 37 heavy (non-hydrogen) atoms. The minimum absolute atomic E-state index is 0.110. The molecule has 2 heterocycles. The lowest BCUT2D eigenvalue weighted by Crippen LogP contribution is -2.29. The van der Waals surface area contributed by atoms with Gasteiger partial charge in [0.25, 0.3) is 0 Å². The summed E-state index contributed by atoms with van der Waals surface area (Å²) in [5.41, 5.74) is 11.3. The standard InChI is InChI=1S/C27H33N9O/c1-7-24(37)29-21-15-20(17(2)14-23(21)35(5)13-12-34(3)4)30-27-32-25(31-26(28)33-27)19-16-36(6)22-11-9-8-10-18(19)22/h7-11,14-16H,1,12-13H2,2-6H3,(H,29,37)(H3,28,30,31,32,33). The van der Waals surface area contributed by atoms with E-state index in [1.54, 1.807) is 0 Å². The van der Waals surface area contributed by atoms with Gasteiger partial charge in [-0.1, -0.05) is 24.8 Å². The Balaban J connectivity index is 1.71. The second-order valence-electron chi connectivity index (χ2n) is 9.24. The van der Waals surface area contributed by atoms with Crippen LogP contribution in [0.3, 0.4) is 0 Å². The minimum Gasteiger partial charge on any atom is -0.372 e. The summed E-state index contributed by atoms with van der Waals surface area (Å²) in [6.45, 7) is 7.22. The minimum atomic E-state index is -0.292. The van der Waals surface area contributed by atoms with E-state index in [9.17, 15) is 4.79 Å². The molecule has 0 aliphatic carbocycles. The zero-order valence-electron chi connectivity index (χ0n) is 21.9. The number of carbonyl (C=O) groups excluding carboxylic acids is 1. The normalized spacial score (nSPS) is 11.1. The van der Waals surface area contributed by atoms with Crippen molar-refractivity contribution >= 4 is 45.8 Å². The molecule has 0 aliphatic rings. The summed E-state index contributed by atoms with van der Waals surface area (Å²) in [5.74, 6) is 0.607. The van der Waals surface area contributed by atoms with E-state index in [4.69, 9.17) is 5.73 Å². The number of fused-ring (bicyclic) bond motifs is 1. The number of aromatic nitrogens is 4. The number of rotatable bonds is 9. The smallest absolute Gasteiger partial charge is 0.247 e. The molecular formula is C27H33N9O. The molecule has 4 N–H and O–H groups in total. The van der Waals surface area contributed by atoms with Gasteiger partial charge in [-0.2, -0.15) is 15.0 Å². The van der Waals surface area contributed by atoms with Crippen LogP contribution in [0.4, 0.5) is 29.0 Å². The second-order valence-corrected chi connectivity index (χ2v) is 9.24. The van der Waals surface area contributed by atoms with E-state index in [1.165, 1.54) is 6.08 Å². The molecule has 0 bridgehead atoms. The van der Waals surface area contributed by atoms with E-state index in [1.807, 2.05) is 82.3 Å². The van der Waals surface area contributed by atoms with Gasteiger partial charge in [0.05, 0.1) is 11.4 Å². The van der Waals surface area contributed by atoms with Crippen LogP contribution in [0.15, 0.2) is 55.3 Å². The Bertz CT molecular complexity index is 1460. The first-order valence-electron chi connectivity index (χ1n) is 11.9. The van der Waals surface area contributed by atoms with Crippen molar-refractivity contribution in [2.45, 2.75) is 6.92 Å². The first kappa shape index (κ1) is 25.6. The van der Waals surface area contributed by atoms with Crippen molar-refractivity contribution < 1.29 is 4.79 Å². The van der Waals surface area contributed by atoms with Crippen LogP contribution in [-0.4, -0.2) is 64.6 Å². The maximum absolute atomic E-state index is 12.2. The first-order valence-corrected chi connectivity index (χ1v) is 11.9. The number of nitrogens with zero attached hydrogens (tertiary/aromatic N) is 6. The van der Waals surface area contributed by atoms with Crippen LogP contribution < -0.4 is 21.3 Å². The SMILES string of the molecule is C=CC(=O)Nc1cc(Nc2nc(N)nc(-c3cn(C)c4ccccc34)n2)c(C)cc1N(C)CCN(C)C. The highest BCUT2D eigenvalue weighted by molar-refractivity contribution is 6.02. The van der Waals surface area contributed by atoms with Gasteiger partial charge in [0, 0.05) is 55.5 Å². The van der Waals surface area contributed by atoms with Crippen LogP contribution in [0.2, 0.25) is 0 Å². The molecule has 192 valence electrons. The summed E-state index contributed by atoms with van der Waals surface area (Å²) in [4.78, 5) is 29.8. The topological polar surface area (TPSA) is 117 Å². The molecule has 0 saturated heterocycles. The maximum Gasteiger partial charge on any atom is 0.247 e. The zero-order valence-corrected chi connectivity index (χ0v) is 21.9. The zero-order chi connectivity index (χ0) is 26.7. The Labute approximate surface area is 216 Å². The first-order chi connectivity index (χ1) is 17.7. The monoisotopic (exact) mass is 499 g/mol. The number of nitrogens with one attached hydrogen (secondary N) is 2. The van der Waals surface area contributed by atoms with Gasteiger partial charge in [-0.05, 0) is 50.9 Å². The van der Waals surface area contributed by atoms with E-state index in [0.29, 0.717) is 17.5 Å². The third kappa shape index (κ3) is 5.70.